The zero-order valence-corrected chi connectivity index (χ0v) is 12.0. The minimum absolute atomic E-state index is 0.0715. The molecule has 2 rings (SSSR count). The number of aliphatic hydroxyl groups is 2. The fraction of sp³-hybridized carbons (Fsp3) is 0.250. The first-order valence-electron chi connectivity index (χ1n) is 6.46. The number of hydrogen-bond donors (Lipinski definition) is 2. The zero-order chi connectivity index (χ0) is 14.5. The molecule has 3 nitrogen and oxygen atoms in total. The fourth-order valence-electron chi connectivity index (χ4n) is 1.97. The molecule has 0 bridgehead atoms. The molecule has 0 aliphatic rings. The third-order valence-electron chi connectivity index (χ3n) is 3.00. The van der Waals surface area contributed by atoms with Gasteiger partial charge in [0.25, 0.3) is 0 Å². The van der Waals surface area contributed by atoms with E-state index >= 15 is 0 Å². The number of benzene rings is 2. The standard InChI is InChI=1S/C16H17ClO3/c1-11(19)14-7-6-13(10-15(14)17)20-16-5-3-2-4-12(16)8-9-18/h2-7,10-11,18-19H,8-9H2,1H3. The van der Waals surface area contributed by atoms with Crippen LogP contribution in [0.15, 0.2) is 42.5 Å². The highest BCUT2D eigenvalue weighted by molar-refractivity contribution is 6.31. The Labute approximate surface area is 123 Å². The van der Waals surface area contributed by atoms with Gasteiger partial charge >= 0.3 is 0 Å². The lowest BCUT2D eigenvalue weighted by Gasteiger charge is -2.13. The lowest BCUT2D eigenvalue weighted by molar-refractivity contribution is 0.199. The van der Waals surface area contributed by atoms with Crippen molar-refractivity contribution in [2.45, 2.75) is 19.4 Å². The number of ether oxygens (including phenoxy) is 1. The van der Waals surface area contributed by atoms with Crippen molar-refractivity contribution < 1.29 is 14.9 Å². The monoisotopic (exact) mass is 292 g/mol. The van der Waals surface area contributed by atoms with Gasteiger partial charge in [-0.15, -0.1) is 0 Å². The maximum absolute atomic E-state index is 9.55. The van der Waals surface area contributed by atoms with E-state index in [2.05, 4.69) is 0 Å². The predicted molar refractivity (Wildman–Crippen MR) is 79.4 cm³/mol. The normalized spacial score (nSPS) is 12.2. The van der Waals surface area contributed by atoms with Gasteiger partial charge in [0.1, 0.15) is 11.5 Å². The van der Waals surface area contributed by atoms with Crippen LogP contribution in [0.1, 0.15) is 24.2 Å². The van der Waals surface area contributed by atoms with Crippen LogP contribution in [0, 0.1) is 0 Å². The minimum atomic E-state index is -0.613. The van der Waals surface area contributed by atoms with Crippen LogP contribution < -0.4 is 4.74 Å². The van der Waals surface area contributed by atoms with Gasteiger partial charge in [0.15, 0.2) is 0 Å². The van der Waals surface area contributed by atoms with Crippen LogP contribution >= 0.6 is 11.6 Å². The molecule has 0 aliphatic heterocycles. The number of hydrogen-bond acceptors (Lipinski definition) is 3. The molecular formula is C16H17ClO3. The van der Waals surface area contributed by atoms with Crippen LogP contribution in [0.5, 0.6) is 11.5 Å². The van der Waals surface area contributed by atoms with Crippen molar-refractivity contribution in [3.05, 3.63) is 58.6 Å². The number of para-hydroxylation sites is 1. The molecule has 0 saturated heterocycles. The van der Waals surface area contributed by atoms with E-state index in [1.807, 2.05) is 24.3 Å². The molecule has 1 atom stereocenters. The molecule has 0 heterocycles. The Morgan fingerprint density at radius 1 is 1.20 bits per heavy atom. The molecular weight excluding hydrogens is 276 g/mol. The van der Waals surface area contributed by atoms with Crippen molar-refractivity contribution in [2.24, 2.45) is 0 Å². The second-order valence-corrected chi connectivity index (χ2v) is 4.95. The highest BCUT2D eigenvalue weighted by Crippen LogP contribution is 2.31. The molecule has 4 heteroatoms. The van der Waals surface area contributed by atoms with E-state index in [-0.39, 0.29) is 6.61 Å². The number of halogens is 1. The van der Waals surface area contributed by atoms with Gasteiger partial charge in [-0.2, -0.15) is 0 Å². The molecule has 2 N–H and O–H groups in total. The van der Waals surface area contributed by atoms with Gasteiger partial charge in [-0.25, -0.2) is 0 Å². The van der Waals surface area contributed by atoms with E-state index in [0.717, 1.165) is 5.56 Å². The average Bonchev–Trinajstić information content (AvgIpc) is 2.41. The Bertz CT molecular complexity index is 582. The summed E-state index contributed by atoms with van der Waals surface area (Å²) in [6.45, 7) is 1.74. The second kappa shape index (κ2) is 6.75. The molecule has 2 aromatic carbocycles. The Morgan fingerprint density at radius 3 is 2.60 bits per heavy atom. The third kappa shape index (κ3) is 3.51. The van der Waals surface area contributed by atoms with E-state index in [0.29, 0.717) is 28.5 Å². The predicted octanol–water partition coefficient (Wildman–Crippen LogP) is 3.72. The first kappa shape index (κ1) is 14.9. The van der Waals surface area contributed by atoms with Crippen LogP contribution in [0.25, 0.3) is 0 Å². The quantitative estimate of drug-likeness (QED) is 0.883. The van der Waals surface area contributed by atoms with E-state index in [1.54, 1.807) is 25.1 Å². The molecule has 1 unspecified atom stereocenters. The van der Waals surface area contributed by atoms with Gasteiger partial charge in [0, 0.05) is 6.61 Å². The second-order valence-electron chi connectivity index (χ2n) is 4.54. The first-order valence-corrected chi connectivity index (χ1v) is 6.83. The lowest BCUT2D eigenvalue weighted by Crippen LogP contribution is -1.96. The van der Waals surface area contributed by atoms with E-state index in [4.69, 9.17) is 21.4 Å². The summed E-state index contributed by atoms with van der Waals surface area (Å²) in [5.74, 6) is 1.30. The average molecular weight is 293 g/mol. The van der Waals surface area contributed by atoms with Crippen molar-refractivity contribution in [3.8, 4) is 11.5 Å². The lowest BCUT2D eigenvalue weighted by atomic mass is 10.1. The first-order chi connectivity index (χ1) is 9.61. The molecule has 0 aromatic heterocycles. The molecule has 2 aromatic rings. The summed E-state index contributed by atoms with van der Waals surface area (Å²) in [6.07, 6.45) is -0.0754. The molecule has 0 amide bonds. The Morgan fingerprint density at radius 2 is 1.95 bits per heavy atom. The van der Waals surface area contributed by atoms with Crippen LogP contribution in [0.2, 0.25) is 5.02 Å². The summed E-state index contributed by atoms with van der Waals surface area (Å²) in [5, 5.41) is 19.1. The number of aliphatic hydroxyl groups excluding tert-OH is 2. The van der Waals surface area contributed by atoms with Crippen molar-refractivity contribution in [1.29, 1.82) is 0 Å². The highest BCUT2D eigenvalue weighted by atomic mass is 35.5. The molecule has 0 saturated carbocycles. The highest BCUT2D eigenvalue weighted by Gasteiger charge is 2.09. The molecule has 106 valence electrons. The van der Waals surface area contributed by atoms with Gasteiger partial charge in [0.2, 0.25) is 0 Å². The maximum atomic E-state index is 9.55. The molecule has 0 fully saturated rings. The minimum Gasteiger partial charge on any atom is -0.457 e. The van der Waals surface area contributed by atoms with Crippen molar-refractivity contribution >= 4 is 11.6 Å². The summed E-state index contributed by atoms with van der Waals surface area (Å²) in [7, 11) is 0. The van der Waals surface area contributed by atoms with Crippen molar-refractivity contribution in [2.75, 3.05) is 6.61 Å². The Hall–Kier alpha value is -1.55. The molecule has 0 radical (unpaired) electrons. The van der Waals surface area contributed by atoms with Crippen molar-refractivity contribution in [3.63, 3.8) is 0 Å². The fourth-order valence-corrected chi connectivity index (χ4v) is 2.30. The van der Waals surface area contributed by atoms with Crippen LogP contribution in [-0.4, -0.2) is 16.8 Å². The van der Waals surface area contributed by atoms with Crippen molar-refractivity contribution in [1.82, 2.24) is 0 Å². The van der Waals surface area contributed by atoms with Gasteiger partial charge < -0.3 is 14.9 Å². The summed E-state index contributed by atoms with van der Waals surface area (Å²) >= 11 is 6.11. The van der Waals surface area contributed by atoms with Crippen LogP contribution in [0.4, 0.5) is 0 Å². The summed E-state index contributed by atoms with van der Waals surface area (Å²) < 4.78 is 5.80. The molecule has 0 spiro atoms. The van der Waals surface area contributed by atoms with Crippen LogP contribution in [-0.2, 0) is 6.42 Å². The summed E-state index contributed by atoms with van der Waals surface area (Å²) in [6, 6.07) is 12.7. The Kier molecular flexibility index (Phi) is 5.01. The van der Waals surface area contributed by atoms with Crippen LogP contribution in [0.3, 0.4) is 0 Å². The largest absolute Gasteiger partial charge is 0.457 e. The van der Waals surface area contributed by atoms with E-state index in [1.165, 1.54) is 0 Å². The Balaban J connectivity index is 2.24. The van der Waals surface area contributed by atoms with Gasteiger partial charge in [-0.3, -0.25) is 0 Å². The van der Waals surface area contributed by atoms with E-state index in [9.17, 15) is 5.11 Å². The number of rotatable bonds is 5. The van der Waals surface area contributed by atoms with E-state index < -0.39 is 6.10 Å². The summed E-state index contributed by atoms with van der Waals surface area (Å²) in [5.41, 5.74) is 1.60. The zero-order valence-electron chi connectivity index (χ0n) is 11.2. The maximum Gasteiger partial charge on any atom is 0.130 e. The topological polar surface area (TPSA) is 49.7 Å². The van der Waals surface area contributed by atoms with Gasteiger partial charge in [0.05, 0.1) is 11.1 Å². The third-order valence-corrected chi connectivity index (χ3v) is 3.33. The SMILES string of the molecule is CC(O)c1ccc(Oc2ccccc2CCO)cc1Cl. The molecule has 0 aliphatic carbocycles. The van der Waals surface area contributed by atoms with Gasteiger partial charge in [-0.05, 0) is 42.7 Å². The molecule has 20 heavy (non-hydrogen) atoms. The summed E-state index contributed by atoms with van der Waals surface area (Å²) in [4.78, 5) is 0. The smallest absolute Gasteiger partial charge is 0.130 e. The van der Waals surface area contributed by atoms with Gasteiger partial charge in [-0.1, -0.05) is 35.9 Å².